The van der Waals surface area contributed by atoms with E-state index in [-0.39, 0.29) is 25.0 Å². The van der Waals surface area contributed by atoms with Gasteiger partial charge in [-0.1, -0.05) is 30.3 Å². The van der Waals surface area contributed by atoms with Crippen LogP contribution in [0.3, 0.4) is 0 Å². The van der Waals surface area contributed by atoms with Crippen LogP contribution < -0.4 is 14.2 Å². The average molecular weight is 430 g/mol. The summed E-state index contributed by atoms with van der Waals surface area (Å²) in [5.74, 6) is 0.877. The zero-order valence-electron chi connectivity index (χ0n) is 18.8. The first kappa shape index (κ1) is 24.1. The van der Waals surface area contributed by atoms with E-state index in [0.717, 1.165) is 11.1 Å². The van der Waals surface area contributed by atoms with Crippen LogP contribution in [0.2, 0.25) is 0 Å². The molecule has 0 fully saturated rings. The molecule has 1 amide bonds. The molecule has 0 heterocycles. The Balaban J connectivity index is 1.91. The number of carbonyl (C=O) groups is 2. The minimum absolute atomic E-state index is 0.00867. The van der Waals surface area contributed by atoms with Gasteiger partial charge in [0.1, 0.15) is 0 Å². The van der Waals surface area contributed by atoms with Crippen molar-refractivity contribution < 1.29 is 28.5 Å². The van der Waals surface area contributed by atoms with Crippen LogP contribution in [-0.4, -0.2) is 50.8 Å². The summed E-state index contributed by atoms with van der Waals surface area (Å²) < 4.78 is 21.2. The third-order valence-corrected chi connectivity index (χ3v) is 4.84. The smallest absolute Gasteiger partial charge is 0.306 e. The van der Waals surface area contributed by atoms with Crippen molar-refractivity contribution in [3.63, 3.8) is 0 Å². The van der Waals surface area contributed by atoms with Crippen molar-refractivity contribution in [3.8, 4) is 17.2 Å². The molecule has 0 bridgehead atoms. The van der Waals surface area contributed by atoms with Crippen LogP contribution in [-0.2, 0) is 27.3 Å². The van der Waals surface area contributed by atoms with Crippen LogP contribution in [0.25, 0.3) is 0 Å². The predicted octanol–water partition coefficient (Wildman–Crippen LogP) is 3.63. The quantitative estimate of drug-likeness (QED) is 0.508. The zero-order chi connectivity index (χ0) is 22.8. The number of amides is 1. The molecule has 0 aromatic heterocycles. The van der Waals surface area contributed by atoms with Crippen LogP contribution in [0.4, 0.5) is 0 Å². The maximum absolute atomic E-state index is 12.6. The van der Waals surface area contributed by atoms with Crippen molar-refractivity contribution in [1.29, 1.82) is 0 Å². The summed E-state index contributed by atoms with van der Waals surface area (Å²) in [6.07, 6.45) is 0.550. The normalized spacial score (nSPS) is 10.5. The van der Waals surface area contributed by atoms with Crippen molar-refractivity contribution >= 4 is 11.9 Å². The van der Waals surface area contributed by atoms with Gasteiger partial charge in [0.15, 0.2) is 18.1 Å². The molecule has 0 N–H and O–H groups in total. The second-order valence-corrected chi connectivity index (χ2v) is 7.30. The van der Waals surface area contributed by atoms with Gasteiger partial charge < -0.3 is 23.8 Å². The lowest BCUT2D eigenvalue weighted by Crippen LogP contribution is -2.39. The van der Waals surface area contributed by atoms with Gasteiger partial charge in [-0.15, -0.1) is 0 Å². The number of methoxy groups -OCH3 is 3. The molecule has 0 unspecified atom stereocenters. The van der Waals surface area contributed by atoms with Crippen LogP contribution in [0.15, 0.2) is 42.5 Å². The fourth-order valence-corrected chi connectivity index (χ4v) is 3.16. The number of ether oxygens (including phenoxy) is 4. The monoisotopic (exact) mass is 429 g/mol. The number of nitrogens with zero attached hydrogens (tertiary/aromatic N) is 1. The van der Waals surface area contributed by atoms with Gasteiger partial charge >= 0.3 is 5.97 Å². The molecule has 2 aromatic rings. The first-order valence-electron chi connectivity index (χ1n) is 10.2. The lowest BCUT2D eigenvalue weighted by Gasteiger charge is -2.26. The molecule has 168 valence electrons. The molecular formula is C24H31NO6. The number of hydrogen-bond acceptors (Lipinski definition) is 6. The van der Waals surface area contributed by atoms with Crippen molar-refractivity contribution in [2.24, 2.45) is 0 Å². The summed E-state index contributed by atoms with van der Waals surface area (Å²) in [4.78, 5) is 26.5. The molecule has 0 aliphatic heterocycles. The highest BCUT2D eigenvalue weighted by atomic mass is 16.5. The van der Waals surface area contributed by atoms with E-state index in [2.05, 4.69) is 0 Å². The lowest BCUT2D eigenvalue weighted by atomic mass is 10.1. The van der Waals surface area contributed by atoms with Crippen molar-refractivity contribution in [2.45, 2.75) is 39.3 Å². The Morgan fingerprint density at radius 1 is 0.903 bits per heavy atom. The Bertz CT molecular complexity index is 841. The summed E-state index contributed by atoms with van der Waals surface area (Å²) in [7, 11) is 4.61. The molecule has 0 aliphatic carbocycles. The van der Waals surface area contributed by atoms with E-state index in [9.17, 15) is 9.59 Å². The SMILES string of the molecule is COc1cc(CCC(=O)OCC(=O)N(Cc2ccccc2)C(C)C)cc(OC)c1OC. The summed E-state index contributed by atoms with van der Waals surface area (Å²) in [5.41, 5.74) is 1.86. The fraction of sp³-hybridized carbons (Fsp3) is 0.417. The third-order valence-electron chi connectivity index (χ3n) is 4.84. The van der Waals surface area contributed by atoms with E-state index in [1.807, 2.05) is 44.2 Å². The second-order valence-electron chi connectivity index (χ2n) is 7.30. The van der Waals surface area contributed by atoms with E-state index < -0.39 is 5.97 Å². The number of benzene rings is 2. The summed E-state index contributed by atoms with van der Waals surface area (Å²) in [5, 5.41) is 0. The van der Waals surface area contributed by atoms with Gasteiger partial charge in [-0.25, -0.2) is 0 Å². The highest BCUT2D eigenvalue weighted by Crippen LogP contribution is 2.38. The molecule has 31 heavy (non-hydrogen) atoms. The number of carbonyl (C=O) groups excluding carboxylic acids is 2. The lowest BCUT2D eigenvalue weighted by molar-refractivity contribution is -0.153. The standard InChI is InChI=1S/C24H31NO6/c1-17(2)25(15-18-9-7-6-8-10-18)22(26)16-31-23(27)12-11-19-13-20(28-3)24(30-5)21(14-19)29-4/h6-10,13-14,17H,11-12,15-16H2,1-5H3. The number of rotatable bonds is 11. The molecule has 2 rings (SSSR count). The fourth-order valence-electron chi connectivity index (χ4n) is 3.16. The highest BCUT2D eigenvalue weighted by Gasteiger charge is 2.19. The van der Waals surface area contributed by atoms with Crippen LogP contribution in [0.5, 0.6) is 17.2 Å². The Morgan fingerprint density at radius 2 is 1.52 bits per heavy atom. The third kappa shape index (κ3) is 6.91. The largest absolute Gasteiger partial charge is 0.493 e. The maximum Gasteiger partial charge on any atom is 0.306 e. The molecular weight excluding hydrogens is 398 g/mol. The van der Waals surface area contributed by atoms with Gasteiger partial charge in [0.2, 0.25) is 5.75 Å². The minimum atomic E-state index is -0.439. The van der Waals surface area contributed by atoms with Crippen LogP contribution >= 0.6 is 0 Å². The Morgan fingerprint density at radius 3 is 2.03 bits per heavy atom. The van der Waals surface area contributed by atoms with Gasteiger partial charge in [-0.2, -0.15) is 0 Å². The number of aryl methyl sites for hydroxylation is 1. The zero-order valence-corrected chi connectivity index (χ0v) is 18.8. The van der Waals surface area contributed by atoms with Crippen LogP contribution in [0.1, 0.15) is 31.4 Å². The average Bonchev–Trinajstić information content (AvgIpc) is 2.79. The first-order chi connectivity index (χ1) is 14.9. The Kier molecular flexibility index (Phi) is 9.18. The molecule has 0 spiro atoms. The molecule has 2 aromatic carbocycles. The molecule has 0 saturated heterocycles. The van der Waals surface area contributed by atoms with Gasteiger partial charge in [0, 0.05) is 19.0 Å². The topological polar surface area (TPSA) is 74.3 Å². The second kappa shape index (κ2) is 11.8. The van der Waals surface area contributed by atoms with E-state index in [1.54, 1.807) is 17.0 Å². The Hall–Kier alpha value is -3.22. The molecule has 0 aliphatic rings. The highest BCUT2D eigenvalue weighted by molar-refractivity contribution is 5.81. The van der Waals surface area contributed by atoms with Crippen LogP contribution in [0, 0.1) is 0 Å². The van der Waals surface area contributed by atoms with E-state index in [0.29, 0.717) is 30.2 Å². The van der Waals surface area contributed by atoms with Crippen molar-refractivity contribution in [1.82, 2.24) is 4.90 Å². The van der Waals surface area contributed by atoms with Gasteiger partial charge in [0.05, 0.1) is 21.3 Å². The van der Waals surface area contributed by atoms with Crippen molar-refractivity contribution in [2.75, 3.05) is 27.9 Å². The summed E-state index contributed by atoms with van der Waals surface area (Å²) >= 11 is 0. The van der Waals surface area contributed by atoms with E-state index in [1.165, 1.54) is 21.3 Å². The summed E-state index contributed by atoms with van der Waals surface area (Å²) in [6, 6.07) is 13.3. The molecule has 0 saturated carbocycles. The molecule has 7 heteroatoms. The van der Waals surface area contributed by atoms with Crippen molar-refractivity contribution in [3.05, 3.63) is 53.6 Å². The minimum Gasteiger partial charge on any atom is -0.493 e. The predicted molar refractivity (Wildman–Crippen MR) is 118 cm³/mol. The van der Waals surface area contributed by atoms with Gasteiger partial charge in [-0.05, 0) is 43.5 Å². The van der Waals surface area contributed by atoms with Gasteiger partial charge in [-0.3, -0.25) is 9.59 Å². The van der Waals surface area contributed by atoms with E-state index >= 15 is 0 Å². The number of hydrogen-bond donors (Lipinski definition) is 0. The van der Waals surface area contributed by atoms with E-state index in [4.69, 9.17) is 18.9 Å². The van der Waals surface area contributed by atoms with Gasteiger partial charge in [0.25, 0.3) is 5.91 Å². The Labute approximate surface area is 183 Å². The maximum atomic E-state index is 12.6. The molecule has 0 atom stereocenters. The number of esters is 1. The first-order valence-corrected chi connectivity index (χ1v) is 10.2. The molecule has 0 radical (unpaired) electrons. The molecule has 7 nitrogen and oxygen atoms in total. The summed E-state index contributed by atoms with van der Waals surface area (Å²) in [6.45, 7) is 4.07.